The number of hydrogen-bond donors (Lipinski definition) is 0. The van der Waals surface area contributed by atoms with Crippen molar-refractivity contribution in [2.24, 2.45) is 11.8 Å². The number of rotatable bonds is 6. The minimum Gasteiger partial charge on any atom is -0.493 e. The first-order valence-electron chi connectivity index (χ1n) is 14.0. The second-order valence-electron chi connectivity index (χ2n) is 11.0. The van der Waals surface area contributed by atoms with Gasteiger partial charge < -0.3 is 4.74 Å². The summed E-state index contributed by atoms with van der Waals surface area (Å²) in [5.74, 6) is 2.88. The van der Waals surface area contributed by atoms with E-state index >= 15 is 0 Å². The largest absolute Gasteiger partial charge is 0.493 e. The van der Waals surface area contributed by atoms with E-state index in [1.807, 2.05) is 0 Å². The monoisotopic (exact) mass is 462 g/mol. The van der Waals surface area contributed by atoms with Crippen molar-refractivity contribution in [3.63, 3.8) is 0 Å². The molecule has 1 unspecified atom stereocenters. The van der Waals surface area contributed by atoms with Crippen molar-refractivity contribution in [1.82, 2.24) is 0 Å². The Morgan fingerprint density at radius 2 is 1.20 bits per heavy atom. The predicted molar refractivity (Wildman–Crippen MR) is 148 cm³/mol. The van der Waals surface area contributed by atoms with Crippen molar-refractivity contribution in [3.8, 4) is 5.75 Å². The lowest BCUT2D eigenvalue weighted by Crippen LogP contribution is -2.18. The van der Waals surface area contributed by atoms with Gasteiger partial charge in [0.1, 0.15) is 5.75 Å². The van der Waals surface area contributed by atoms with Crippen LogP contribution in [-0.2, 0) is 0 Å². The van der Waals surface area contributed by atoms with Gasteiger partial charge in [-0.1, -0.05) is 111 Å². The molecule has 0 bridgehead atoms. The summed E-state index contributed by atoms with van der Waals surface area (Å²) in [5, 5.41) is 5.41. The molecule has 4 aromatic rings. The van der Waals surface area contributed by atoms with Gasteiger partial charge in [0.05, 0.1) is 6.61 Å². The van der Waals surface area contributed by atoms with Crippen LogP contribution >= 0.6 is 0 Å². The maximum absolute atomic E-state index is 6.51. The van der Waals surface area contributed by atoms with E-state index < -0.39 is 0 Å². The van der Waals surface area contributed by atoms with E-state index in [2.05, 4.69) is 78.9 Å². The zero-order chi connectivity index (χ0) is 23.5. The maximum atomic E-state index is 6.51. The third-order valence-electron chi connectivity index (χ3n) is 8.73. The van der Waals surface area contributed by atoms with Crippen LogP contribution in [0.15, 0.2) is 78.9 Å². The van der Waals surface area contributed by atoms with Gasteiger partial charge in [-0.05, 0) is 70.9 Å². The van der Waals surface area contributed by atoms with Crippen molar-refractivity contribution in [1.29, 1.82) is 0 Å². The number of ether oxygens (including phenoxy) is 1. The van der Waals surface area contributed by atoms with Gasteiger partial charge in [-0.2, -0.15) is 0 Å². The first kappa shape index (κ1) is 22.7. The predicted octanol–water partition coefficient (Wildman–Crippen LogP) is 9.66. The van der Waals surface area contributed by atoms with Gasteiger partial charge in [0.25, 0.3) is 0 Å². The summed E-state index contributed by atoms with van der Waals surface area (Å²) >= 11 is 0. The Morgan fingerprint density at radius 1 is 0.571 bits per heavy atom. The molecular formula is C34H38O. The summed E-state index contributed by atoms with van der Waals surface area (Å²) in [4.78, 5) is 0. The minimum absolute atomic E-state index is 0.415. The average Bonchev–Trinajstić information content (AvgIpc) is 2.94. The van der Waals surface area contributed by atoms with E-state index in [0.29, 0.717) is 17.8 Å². The molecule has 6 rings (SSSR count). The molecule has 2 aliphatic carbocycles. The lowest BCUT2D eigenvalue weighted by atomic mass is 9.71. The Labute approximate surface area is 210 Å². The molecule has 2 aliphatic rings. The molecule has 0 radical (unpaired) electrons. The van der Waals surface area contributed by atoms with Gasteiger partial charge in [0.2, 0.25) is 0 Å². The molecular weight excluding hydrogens is 424 g/mol. The molecule has 0 heterocycles. The smallest absolute Gasteiger partial charge is 0.127 e. The molecule has 0 amide bonds. The fraction of sp³-hybridized carbons (Fsp3) is 0.412. The normalized spacial score (nSPS) is 18.6. The van der Waals surface area contributed by atoms with Crippen LogP contribution in [0.4, 0.5) is 0 Å². The summed E-state index contributed by atoms with van der Waals surface area (Å²) < 4.78 is 6.51. The zero-order valence-electron chi connectivity index (χ0n) is 20.9. The summed E-state index contributed by atoms with van der Waals surface area (Å²) in [5.41, 5.74) is 2.98. The standard InChI is InChI=1S/C34H38O/c1-3-12-25(13-4-1)24-35-33-23-22-32(29-19-9-10-20-30(29)33)34(27-15-5-2-6-16-27)31-21-11-17-26-14-7-8-18-28(26)31/h7-11,14,17-23,25,27,34H,1-6,12-13,15-16,24H2. The molecule has 2 saturated carbocycles. The Morgan fingerprint density at radius 3 is 2.00 bits per heavy atom. The molecule has 4 aromatic carbocycles. The van der Waals surface area contributed by atoms with Gasteiger partial charge in [-0.3, -0.25) is 0 Å². The third-order valence-corrected chi connectivity index (χ3v) is 8.73. The minimum atomic E-state index is 0.415. The van der Waals surface area contributed by atoms with E-state index in [1.165, 1.54) is 96.9 Å². The fourth-order valence-electron chi connectivity index (χ4n) is 6.92. The van der Waals surface area contributed by atoms with E-state index in [0.717, 1.165) is 12.4 Å². The van der Waals surface area contributed by atoms with E-state index in [-0.39, 0.29) is 0 Å². The second kappa shape index (κ2) is 10.4. The van der Waals surface area contributed by atoms with Crippen LogP contribution in [0.25, 0.3) is 21.5 Å². The van der Waals surface area contributed by atoms with Gasteiger partial charge in [-0.15, -0.1) is 0 Å². The molecule has 1 atom stereocenters. The molecule has 2 fully saturated rings. The zero-order valence-corrected chi connectivity index (χ0v) is 20.9. The lowest BCUT2D eigenvalue weighted by Gasteiger charge is -2.33. The highest BCUT2D eigenvalue weighted by atomic mass is 16.5. The topological polar surface area (TPSA) is 9.23 Å². The van der Waals surface area contributed by atoms with Crippen LogP contribution in [0, 0.1) is 11.8 Å². The summed E-state index contributed by atoms with van der Waals surface area (Å²) in [6.45, 7) is 0.860. The second-order valence-corrected chi connectivity index (χ2v) is 11.0. The van der Waals surface area contributed by atoms with Gasteiger partial charge in [-0.25, -0.2) is 0 Å². The Hall–Kier alpha value is -2.80. The molecule has 0 spiro atoms. The summed E-state index contributed by atoms with van der Waals surface area (Å²) in [6, 6.07) is 29.5. The van der Waals surface area contributed by atoms with Crippen LogP contribution < -0.4 is 4.74 Å². The van der Waals surface area contributed by atoms with Crippen LogP contribution in [0.2, 0.25) is 0 Å². The summed E-state index contributed by atoms with van der Waals surface area (Å²) in [6.07, 6.45) is 13.5. The molecule has 0 saturated heterocycles. The molecule has 0 N–H and O–H groups in total. The van der Waals surface area contributed by atoms with E-state index in [1.54, 1.807) is 0 Å². The van der Waals surface area contributed by atoms with Crippen molar-refractivity contribution in [3.05, 3.63) is 90.0 Å². The molecule has 0 aliphatic heterocycles. The van der Waals surface area contributed by atoms with Crippen molar-refractivity contribution in [2.45, 2.75) is 70.1 Å². The fourth-order valence-corrected chi connectivity index (χ4v) is 6.92. The molecule has 1 heteroatoms. The Bertz CT molecular complexity index is 1270. The SMILES string of the molecule is c1ccc2c(C(c3ccc(OCC4CCCCC4)c4ccccc34)C3CCCCC3)cccc2c1. The van der Waals surface area contributed by atoms with Crippen LogP contribution in [0.3, 0.4) is 0 Å². The highest BCUT2D eigenvalue weighted by molar-refractivity contribution is 5.93. The Balaban J connectivity index is 1.44. The quantitative estimate of drug-likeness (QED) is 0.277. The third kappa shape index (κ3) is 4.70. The molecule has 1 nitrogen and oxygen atoms in total. The van der Waals surface area contributed by atoms with Crippen LogP contribution in [0.5, 0.6) is 5.75 Å². The lowest BCUT2D eigenvalue weighted by molar-refractivity contribution is 0.210. The van der Waals surface area contributed by atoms with Crippen molar-refractivity contribution >= 4 is 21.5 Å². The number of benzene rings is 4. The first-order valence-corrected chi connectivity index (χ1v) is 14.0. The number of hydrogen-bond acceptors (Lipinski definition) is 1. The van der Waals surface area contributed by atoms with E-state index in [9.17, 15) is 0 Å². The van der Waals surface area contributed by atoms with Gasteiger partial charge in [0.15, 0.2) is 0 Å². The van der Waals surface area contributed by atoms with Crippen molar-refractivity contribution in [2.75, 3.05) is 6.61 Å². The van der Waals surface area contributed by atoms with Crippen molar-refractivity contribution < 1.29 is 4.74 Å². The summed E-state index contributed by atoms with van der Waals surface area (Å²) in [7, 11) is 0. The van der Waals surface area contributed by atoms with Gasteiger partial charge in [0, 0.05) is 11.3 Å². The highest BCUT2D eigenvalue weighted by Crippen LogP contribution is 2.46. The van der Waals surface area contributed by atoms with Crippen LogP contribution in [0.1, 0.15) is 81.3 Å². The molecule has 0 aromatic heterocycles. The van der Waals surface area contributed by atoms with E-state index in [4.69, 9.17) is 4.74 Å². The first-order chi connectivity index (χ1) is 17.4. The number of fused-ring (bicyclic) bond motifs is 2. The maximum Gasteiger partial charge on any atom is 0.127 e. The average molecular weight is 463 g/mol. The van der Waals surface area contributed by atoms with Crippen LogP contribution in [-0.4, -0.2) is 6.61 Å². The highest BCUT2D eigenvalue weighted by Gasteiger charge is 2.29. The molecule has 35 heavy (non-hydrogen) atoms. The molecule has 180 valence electrons. The van der Waals surface area contributed by atoms with Gasteiger partial charge >= 0.3 is 0 Å². The Kier molecular flexibility index (Phi) is 6.76.